The number of nitrogens with one attached hydrogen (secondary N) is 1. The Hall–Kier alpha value is -3.41. The first kappa shape index (κ1) is 22.3. The molecule has 2 aromatic rings. The number of aliphatic hydroxyl groups excluding tert-OH is 2. The summed E-state index contributed by atoms with van der Waals surface area (Å²) >= 11 is 0. The van der Waals surface area contributed by atoms with E-state index in [0.717, 1.165) is 11.1 Å². The second-order valence-corrected chi connectivity index (χ2v) is 7.90. The van der Waals surface area contributed by atoms with Gasteiger partial charge in [-0.1, -0.05) is 0 Å². The molecule has 162 valence electrons. The maximum Gasteiger partial charge on any atom is 0.251 e. The van der Waals surface area contributed by atoms with Crippen LogP contribution in [0.2, 0.25) is 0 Å². The van der Waals surface area contributed by atoms with Gasteiger partial charge in [-0.25, -0.2) is 0 Å². The van der Waals surface area contributed by atoms with Crippen molar-refractivity contribution >= 4 is 23.2 Å². The predicted molar refractivity (Wildman–Crippen MR) is 116 cm³/mol. The third-order valence-corrected chi connectivity index (χ3v) is 5.42. The fourth-order valence-corrected chi connectivity index (χ4v) is 3.88. The van der Waals surface area contributed by atoms with Crippen molar-refractivity contribution in [3.05, 3.63) is 58.7 Å². The smallest absolute Gasteiger partial charge is 0.251 e. The molecule has 8 heteroatoms. The molecule has 1 aliphatic heterocycles. The molecule has 1 heterocycles. The van der Waals surface area contributed by atoms with E-state index in [9.17, 15) is 19.8 Å². The molecule has 0 aromatic heterocycles. The van der Waals surface area contributed by atoms with E-state index in [2.05, 4.69) is 11.4 Å². The summed E-state index contributed by atoms with van der Waals surface area (Å²) in [5.41, 5.74) is 9.49. The topological polar surface area (TPSA) is 140 Å². The second-order valence-electron chi connectivity index (χ2n) is 7.90. The molecule has 1 aliphatic rings. The van der Waals surface area contributed by atoms with Gasteiger partial charge < -0.3 is 21.3 Å². The SMILES string of the molecule is CC(=O)N1c2ccc(C(=O)NCC(C)O)cc2C[C@@H](Cc2cc(C#N)ccc2N)[C@@H]1O. The van der Waals surface area contributed by atoms with Gasteiger partial charge in [-0.3, -0.25) is 14.5 Å². The molecule has 2 aromatic carbocycles. The number of amides is 2. The summed E-state index contributed by atoms with van der Waals surface area (Å²) in [6.07, 6.45) is -0.938. The van der Waals surface area contributed by atoms with Gasteiger partial charge in [0.15, 0.2) is 0 Å². The number of nitrogen functional groups attached to an aromatic ring is 1. The number of nitrogens with two attached hydrogens (primary N) is 1. The van der Waals surface area contributed by atoms with Crippen LogP contribution in [-0.4, -0.2) is 40.9 Å². The van der Waals surface area contributed by atoms with Crippen molar-refractivity contribution in [3.63, 3.8) is 0 Å². The molecule has 0 spiro atoms. The van der Waals surface area contributed by atoms with Crippen molar-refractivity contribution in [1.29, 1.82) is 5.26 Å². The zero-order valence-electron chi connectivity index (χ0n) is 17.5. The van der Waals surface area contributed by atoms with E-state index in [0.29, 0.717) is 35.3 Å². The number of hydrogen-bond donors (Lipinski definition) is 4. The first-order valence-corrected chi connectivity index (χ1v) is 10.1. The van der Waals surface area contributed by atoms with Crippen molar-refractivity contribution in [1.82, 2.24) is 5.32 Å². The molecule has 8 nitrogen and oxygen atoms in total. The highest BCUT2D eigenvalue weighted by molar-refractivity contribution is 5.97. The van der Waals surface area contributed by atoms with E-state index in [1.807, 2.05) is 0 Å². The van der Waals surface area contributed by atoms with Gasteiger partial charge in [0.1, 0.15) is 6.23 Å². The Morgan fingerprint density at radius 2 is 2.06 bits per heavy atom. The Morgan fingerprint density at radius 3 is 2.71 bits per heavy atom. The van der Waals surface area contributed by atoms with Crippen LogP contribution in [-0.2, 0) is 17.6 Å². The van der Waals surface area contributed by atoms with E-state index in [-0.39, 0.29) is 24.3 Å². The van der Waals surface area contributed by atoms with Gasteiger partial charge in [0.05, 0.1) is 17.7 Å². The van der Waals surface area contributed by atoms with E-state index >= 15 is 0 Å². The fraction of sp³-hybridized carbons (Fsp3) is 0.348. The fourth-order valence-electron chi connectivity index (χ4n) is 3.88. The monoisotopic (exact) mass is 422 g/mol. The number of benzene rings is 2. The highest BCUT2D eigenvalue weighted by Gasteiger charge is 2.36. The lowest BCUT2D eigenvalue weighted by atomic mass is 9.84. The first-order valence-electron chi connectivity index (χ1n) is 10.1. The Bertz CT molecular complexity index is 1040. The Labute approximate surface area is 180 Å². The zero-order chi connectivity index (χ0) is 22.7. The number of carbonyl (C=O) groups is 2. The van der Waals surface area contributed by atoms with Gasteiger partial charge in [0.25, 0.3) is 5.91 Å². The van der Waals surface area contributed by atoms with Crippen molar-refractivity contribution in [3.8, 4) is 6.07 Å². The number of hydrogen-bond acceptors (Lipinski definition) is 6. The van der Waals surface area contributed by atoms with Crippen LogP contribution in [0, 0.1) is 17.2 Å². The molecule has 0 radical (unpaired) electrons. The summed E-state index contributed by atoms with van der Waals surface area (Å²) in [6.45, 7) is 3.09. The summed E-state index contributed by atoms with van der Waals surface area (Å²) in [5.74, 6) is -1.02. The van der Waals surface area contributed by atoms with Gasteiger partial charge >= 0.3 is 0 Å². The maximum absolute atomic E-state index is 12.4. The van der Waals surface area contributed by atoms with Crippen LogP contribution in [0.4, 0.5) is 11.4 Å². The maximum atomic E-state index is 12.4. The molecule has 5 N–H and O–H groups in total. The molecular formula is C23H26N4O4. The lowest BCUT2D eigenvalue weighted by Crippen LogP contribution is -2.48. The molecule has 0 aliphatic carbocycles. The zero-order valence-corrected chi connectivity index (χ0v) is 17.5. The Balaban J connectivity index is 1.93. The van der Waals surface area contributed by atoms with Crippen LogP contribution < -0.4 is 16.0 Å². The lowest BCUT2D eigenvalue weighted by molar-refractivity contribution is -0.119. The molecule has 0 saturated carbocycles. The molecule has 1 unspecified atom stereocenters. The van der Waals surface area contributed by atoms with Crippen LogP contribution in [0.3, 0.4) is 0 Å². The van der Waals surface area contributed by atoms with Crippen molar-refractivity contribution in [2.75, 3.05) is 17.2 Å². The van der Waals surface area contributed by atoms with Gasteiger partial charge in [-0.05, 0) is 67.3 Å². The first-order chi connectivity index (χ1) is 14.7. The second kappa shape index (κ2) is 9.16. The van der Waals surface area contributed by atoms with Gasteiger partial charge in [-0.2, -0.15) is 5.26 Å². The number of anilines is 2. The standard InChI is InChI=1S/C23H26N4O4/c1-13(28)12-26-22(30)16-4-6-21-18(8-16)10-19(23(31)27(21)14(2)29)9-17-7-15(11-24)3-5-20(17)25/h3-8,13,19,23,28,31H,9-10,12,25H2,1-2H3,(H,26,30)/t13?,19-,23+/m1/s1. The summed E-state index contributed by atoms with van der Waals surface area (Å²) in [7, 11) is 0. The molecule has 0 bridgehead atoms. The van der Waals surface area contributed by atoms with E-state index < -0.39 is 12.3 Å². The van der Waals surface area contributed by atoms with Gasteiger partial charge in [0.2, 0.25) is 5.91 Å². The summed E-state index contributed by atoms with van der Waals surface area (Å²) in [4.78, 5) is 26.1. The minimum absolute atomic E-state index is 0.130. The van der Waals surface area contributed by atoms with Crippen molar-refractivity contribution < 1.29 is 19.8 Å². The third-order valence-electron chi connectivity index (χ3n) is 5.42. The van der Waals surface area contributed by atoms with Crippen LogP contribution in [0.25, 0.3) is 0 Å². The largest absolute Gasteiger partial charge is 0.399 e. The van der Waals surface area contributed by atoms with Crippen molar-refractivity contribution in [2.45, 2.75) is 39.0 Å². The van der Waals surface area contributed by atoms with E-state index in [1.165, 1.54) is 11.8 Å². The predicted octanol–water partition coefficient (Wildman–Crippen LogP) is 1.34. The summed E-state index contributed by atoms with van der Waals surface area (Å²) < 4.78 is 0. The van der Waals surface area contributed by atoms with Gasteiger partial charge in [-0.15, -0.1) is 0 Å². The average Bonchev–Trinajstić information content (AvgIpc) is 2.73. The number of rotatable bonds is 5. The van der Waals surface area contributed by atoms with Crippen LogP contribution >= 0.6 is 0 Å². The number of nitrogens with zero attached hydrogens (tertiary/aromatic N) is 2. The van der Waals surface area contributed by atoms with E-state index in [4.69, 9.17) is 11.0 Å². The molecule has 0 fully saturated rings. The third kappa shape index (κ3) is 4.85. The summed E-state index contributed by atoms with van der Waals surface area (Å²) in [5, 5.41) is 32.1. The number of carbonyl (C=O) groups excluding carboxylic acids is 2. The van der Waals surface area contributed by atoms with Crippen molar-refractivity contribution in [2.24, 2.45) is 5.92 Å². The molecule has 31 heavy (non-hydrogen) atoms. The molecule has 3 rings (SSSR count). The van der Waals surface area contributed by atoms with Crippen LogP contribution in [0.15, 0.2) is 36.4 Å². The highest BCUT2D eigenvalue weighted by Crippen LogP contribution is 2.36. The molecule has 3 atom stereocenters. The minimum Gasteiger partial charge on any atom is -0.399 e. The summed E-state index contributed by atoms with van der Waals surface area (Å²) in [6, 6.07) is 12.0. The molecular weight excluding hydrogens is 396 g/mol. The average molecular weight is 422 g/mol. The molecule has 0 saturated heterocycles. The quantitative estimate of drug-likeness (QED) is 0.536. The lowest BCUT2D eigenvalue weighted by Gasteiger charge is -2.39. The minimum atomic E-state index is -1.06. The Morgan fingerprint density at radius 1 is 1.32 bits per heavy atom. The normalized spacial score (nSPS) is 18.6. The van der Waals surface area contributed by atoms with Gasteiger partial charge in [0, 0.05) is 36.3 Å². The number of aliphatic hydroxyl groups is 2. The van der Waals surface area contributed by atoms with E-state index in [1.54, 1.807) is 43.3 Å². The number of fused-ring (bicyclic) bond motifs is 1. The van der Waals surface area contributed by atoms with Crippen LogP contribution in [0.5, 0.6) is 0 Å². The molecule has 2 amide bonds. The number of nitriles is 1. The Kier molecular flexibility index (Phi) is 6.59. The highest BCUT2D eigenvalue weighted by atomic mass is 16.3. The van der Waals surface area contributed by atoms with Crippen LogP contribution in [0.1, 0.15) is 40.9 Å².